The summed E-state index contributed by atoms with van der Waals surface area (Å²) in [6.07, 6.45) is 6.84. The summed E-state index contributed by atoms with van der Waals surface area (Å²) in [5.41, 5.74) is 0. The molecule has 3 atom stereocenters. The number of likely N-dealkylation sites (tertiary alicyclic amines) is 1. The van der Waals surface area contributed by atoms with Gasteiger partial charge in [-0.3, -0.25) is 4.79 Å². The fraction of sp³-hybridized carbons (Fsp3) is 0.933. The van der Waals surface area contributed by atoms with E-state index in [4.69, 9.17) is 0 Å². The lowest BCUT2D eigenvalue weighted by Gasteiger charge is -2.30. The van der Waals surface area contributed by atoms with Crippen LogP contribution < -0.4 is 5.32 Å². The first kappa shape index (κ1) is 16.8. The topological polar surface area (TPSA) is 32.3 Å². The highest BCUT2D eigenvalue weighted by Gasteiger charge is 2.29. The summed E-state index contributed by atoms with van der Waals surface area (Å²) in [6.45, 7) is 7.71. The van der Waals surface area contributed by atoms with Crippen molar-refractivity contribution in [3.8, 4) is 0 Å². The predicted octanol–water partition coefficient (Wildman–Crippen LogP) is 2.84. The van der Waals surface area contributed by atoms with E-state index in [0.717, 1.165) is 32.5 Å². The third-order valence-corrected chi connectivity index (χ3v) is 4.81. The second-order valence-corrected chi connectivity index (χ2v) is 6.08. The lowest BCUT2D eigenvalue weighted by molar-refractivity contribution is -0.133. The molecule has 3 unspecified atom stereocenters. The summed E-state index contributed by atoms with van der Waals surface area (Å²) in [4.78, 5) is 14.5. The zero-order valence-corrected chi connectivity index (χ0v) is 13.2. The Kier molecular flexibility index (Phi) is 7.16. The van der Waals surface area contributed by atoms with Crippen molar-refractivity contribution in [2.45, 2.75) is 58.4 Å². The normalized spacial score (nSPS) is 28.8. The maximum absolute atomic E-state index is 12.4. The molecule has 2 rings (SSSR count). The molecule has 1 N–H and O–H groups in total. The quantitative estimate of drug-likeness (QED) is 0.863. The van der Waals surface area contributed by atoms with Crippen LogP contribution in [-0.4, -0.2) is 36.5 Å². The van der Waals surface area contributed by atoms with E-state index in [-0.39, 0.29) is 12.4 Å². The second kappa shape index (κ2) is 8.11. The SMILES string of the molecule is CCC1CCCN1C(=O)CC(C)C1CCCNC1.Cl. The molecule has 0 saturated carbocycles. The Morgan fingerprint density at radius 1 is 1.37 bits per heavy atom. The van der Waals surface area contributed by atoms with Crippen LogP contribution in [0.15, 0.2) is 0 Å². The zero-order chi connectivity index (χ0) is 13.0. The Bertz CT molecular complexity index is 279. The van der Waals surface area contributed by atoms with Gasteiger partial charge < -0.3 is 10.2 Å². The van der Waals surface area contributed by atoms with E-state index >= 15 is 0 Å². The van der Waals surface area contributed by atoms with Gasteiger partial charge in [0.1, 0.15) is 0 Å². The van der Waals surface area contributed by atoms with Gasteiger partial charge >= 0.3 is 0 Å². The van der Waals surface area contributed by atoms with Crippen LogP contribution in [0.3, 0.4) is 0 Å². The van der Waals surface area contributed by atoms with Crippen molar-refractivity contribution < 1.29 is 4.79 Å². The molecule has 0 aromatic rings. The van der Waals surface area contributed by atoms with Gasteiger partial charge in [-0.2, -0.15) is 0 Å². The van der Waals surface area contributed by atoms with Crippen LogP contribution in [0.2, 0.25) is 0 Å². The van der Waals surface area contributed by atoms with E-state index in [2.05, 4.69) is 24.1 Å². The molecule has 2 saturated heterocycles. The minimum absolute atomic E-state index is 0. The van der Waals surface area contributed by atoms with E-state index < -0.39 is 0 Å². The average molecular weight is 289 g/mol. The first-order chi connectivity index (χ1) is 8.72. The molecule has 1 amide bonds. The number of carbonyl (C=O) groups is 1. The zero-order valence-electron chi connectivity index (χ0n) is 12.4. The molecule has 4 heteroatoms. The van der Waals surface area contributed by atoms with Gasteiger partial charge in [0, 0.05) is 19.0 Å². The molecule has 3 nitrogen and oxygen atoms in total. The van der Waals surface area contributed by atoms with E-state index in [1.807, 2.05) is 0 Å². The Morgan fingerprint density at radius 2 is 2.16 bits per heavy atom. The van der Waals surface area contributed by atoms with Gasteiger partial charge in [-0.05, 0) is 57.0 Å². The van der Waals surface area contributed by atoms with E-state index in [9.17, 15) is 4.79 Å². The molecule has 2 heterocycles. The van der Waals surface area contributed by atoms with E-state index in [1.165, 1.54) is 25.7 Å². The molecule has 2 aliphatic rings. The molecule has 2 aliphatic heterocycles. The van der Waals surface area contributed by atoms with Crippen LogP contribution in [0.25, 0.3) is 0 Å². The number of amides is 1. The monoisotopic (exact) mass is 288 g/mol. The smallest absolute Gasteiger partial charge is 0.223 e. The van der Waals surface area contributed by atoms with Gasteiger partial charge in [0.15, 0.2) is 0 Å². The number of piperidine rings is 1. The molecular formula is C15H29ClN2O. The molecular weight excluding hydrogens is 260 g/mol. The summed E-state index contributed by atoms with van der Waals surface area (Å²) in [7, 11) is 0. The van der Waals surface area contributed by atoms with Crippen molar-refractivity contribution in [1.29, 1.82) is 0 Å². The highest BCUT2D eigenvalue weighted by molar-refractivity contribution is 5.85. The number of halogens is 1. The molecule has 19 heavy (non-hydrogen) atoms. The third-order valence-electron chi connectivity index (χ3n) is 4.81. The van der Waals surface area contributed by atoms with Gasteiger partial charge in [-0.15, -0.1) is 12.4 Å². The molecule has 0 aliphatic carbocycles. The lowest BCUT2D eigenvalue weighted by atomic mass is 9.85. The second-order valence-electron chi connectivity index (χ2n) is 6.08. The van der Waals surface area contributed by atoms with Crippen molar-refractivity contribution >= 4 is 18.3 Å². The van der Waals surface area contributed by atoms with Crippen molar-refractivity contribution in [2.24, 2.45) is 11.8 Å². The maximum atomic E-state index is 12.4. The standard InChI is InChI=1S/C15H28N2O.ClH/c1-3-14-7-5-9-17(14)15(18)10-12(2)13-6-4-8-16-11-13;/h12-14,16H,3-11H2,1-2H3;1H. The summed E-state index contributed by atoms with van der Waals surface area (Å²) >= 11 is 0. The Balaban J connectivity index is 0.00000180. The van der Waals surface area contributed by atoms with Crippen LogP contribution in [0.4, 0.5) is 0 Å². The molecule has 0 radical (unpaired) electrons. The Morgan fingerprint density at radius 3 is 2.79 bits per heavy atom. The summed E-state index contributed by atoms with van der Waals surface area (Å²) < 4.78 is 0. The minimum Gasteiger partial charge on any atom is -0.340 e. The number of nitrogens with zero attached hydrogens (tertiary/aromatic N) is 1. The fourth-order valence-corrected chi connectivity index (χ4v) is 3.51. The third kappa shape index (κ3) is 4.35. The van der Waals surface area contributed by atoms with Gasteiger partial charge in [0.25, 0.3) is 0 Å². The van der Waals surface area contributed by atoms with Gasteiger partial charge in [0.05, 0.1) is 0 Å². The predicted molar refractivity (Wildman–Crippen MR) is 81.6 cm³/mol. The first-order valence-corrected chi connectivity index (χ1v) is 7.72. The van der Waals surface area contributed by atoms with Crippen LogP contribution in [0.1, 0.15) is 52.4 Å². The highest BCUT2D eigenvalue weighted by Crippen LogP contribution is 2.26. The molecule has 112 valence electrons. The van der Waals surface area contributed by atoms with E-state index in [0.29, 0.717) is 23.8 Å². The Hall–Kier alpha value is -0.280. The highest BCUT2D eigenvalue weighted by atomic mass is 35.5. The molecule has 0 bridgehead atoms. The van der Waals surface area contributed by atoms with Gasteiger partial charge in [0.2, 0.25) is 5.91 Å². The lowest BCUT2D eigenvalue weighted by Crippen LogP contribution is -2.39. The van der Waals surface area contributed by atoms with Crippen molar-refractivity contribution in [3.05, 3.63) is 0 Å². The molecule has 0 aromatic carbocycles. The molecule has 0 spiro atoms. The fourth-order valence-electron chi connectivity index (χ4n) is 3.51. The summed E-state index contributed by atoms with van der Waals surface area (Å²) in [6, 6.07) is 0.522. The number of rotatable bonds is 4. The van der Waals surface area contributed by atoms with Crippen LogP contribution >= 0.6 is 12.4 Å². The maximum Gasteiger partial charge on any atom is 0.223 e. The summed E-state index contributed by atoms with van der Waals surface area (Å²) in [5.74, 6) is 1.63. The summed E-state index contributed by atoms with van der Waals surface area (Å²) in [5, 5.41) is 3.45. The van der Waals surface area contributed by atoms with Crippen molar-refractivity contribution in [1.82, 2.24) is 10.2 Å². The minimum atomic E-state index is 0. The first-order valence-electron chi connectivity index (χ1n) is 7.72. The average Bonchev–Trinajstić information content (AvgIpc) is 2.88. The van der Waals surface area contributed by atoms with E-state index in [1.54, 1.807) is 0 Å². The molecule has 2 fully saturated rings. The number of hydrogen-bond donors (Lipinski definition) is 1. The number of hydrogen-bond acceptors (Lipinski definition) is 2. The van der Waals surface area contributed by atoms with Crippen LogP contribution in [0.5, 0.6) is 0 Å². The van der Waals surface area contributed by atoms with Crippen LogP contribution in [0, 0.1) is 11.8 Å². The van der Waals surface area contributed by atoms with Crippen LogP contribution in [-0.2, 0) is 4.79 Å². The molecule has 0 aromatic heterocycles. The Labute approximate surface area is 123 Å². The number of carbonyl (C=O) groups excluding carboxylic acids is 1. The number of nitrogens with one attached hydrogen (secondary N) is 1. The van der Waals surface area contributed by atoms with Gasteiger partial charge in [-0.25, -0.2) is 0 Å². The van der Waals surface area contributed by atoms with Gasteiger partial charge in [-0.1, -0.05) is 13.8 Å². The van der Waals surface area contributed by atoms with Crippen molar-refractivity contribution in [2.75, 3.05) is 19.6 Å². The van der Waals surface area contributed by atoms with Crippen molar-refractivity contribution in [3.63, 3.8) is 0 Å². The largest absolute Gasteiger partial charge is 0.340 e.